The minimum absolute atomic E-state index is 0.0812. The number of nitrogens with one attached hydrogen (secondary N) is 1. The average Bonchev–Trinajstić information content (AvgIpc) is 2.76. The first-order valence-electron chi connectivity index (χ1n) is 10.0. The van der Waals surface area contributed by atoms with Gasteiger partial charge in [-0.25, -0.2) is 4.99 Å². The molecule has 4 N–H and O–H groups in total. The zero-order valence-corrected chi connectivity index (χ0v) is 16.2. The van der Waals surface area contributed by atoms with Crippen molar-refractivity contribution < 1.29 is 9.90 Å². The molecule has 1 heterocycles. The minimum Gasteiger partial charge on any atom is -0.393 e. The summed E-state index contributed by atoms with van der Waals surface area (Å²) in [7, 11) is 0. The molecule has 1 fully saturated rings. The Hall–Kier alpha value is -3.12. The number of hydrogen-bond acceptors (Lipinski definition) is 5. The van der Waals surface area contributed by atoms with Gasteiger partial charge in [0.05, 0.1) is 12.1 Å². The van der Waals surface area contributed by atoms with Gasteiger partial charge in [0, 0.05) is 29.7 Å². The Morgan fingerprint density at radius 2 is 1.83 bits per heavy atom. The first-order valence-corrected chi connectivity index (χ1v) is 10.0. The van der Waals surface area contributed by atoms with E-state index in [0.717, 1.165) is 36.9 Å². The van der Waals surface area contributed by atoms with Gasteiger partial charge in [0.25, 0.3) is 5.91 Å². The van der Waals surface area contributed by atoms with Gasteiger partial charge in [0.15, 0.2) is 0 Å². The fraction of sp³-hybridized carbons (Fsp3) is 0.304. The predicted molar refractivity (Wildman–Crippen MR) is 115 cm³/mol. The molecule has 2 aromatic rings. The number of amides is 1. The largest absolute Gasteiger partial charge is 0.393 e. The number of nitrogens with zero attached hydrogens (tertiary/aromatic N) is 2. The Kier molecular flexibility index (Phi) is 5.62. The molecule has 2 aromatic carbocycles. The van der Waals surface area contributed by atoms with Crippen molar-refractivity contribution in [3.63, 3.8) is 0 Å². The first-order chi connectivity index (χ1) is 14.1. The highest BCUT2D eigenvalue weighted by Crippen LogP contribution is 2.29. The van der Waals surface area contributed by atoms with E-state index in [-0.39, 0.29) is 24.1 Å². The highest BCUT2D eigenvalue weighted by molar-refractivity contribution is 5.95. The van der Waals surface area contributed by atoms with Gasteiger partial charge in [-0.2, -0.15) is 0 Å². The van der Waals surface area contributed by atoms with Crippen molar-refractivity contribution in [2.45, 2.75) is 43.9 Å². The van der Waals surface area contributed by atoms with Crippen LogP contribution in [0.3, 0.4) is 0 Å². The van der Waals surface area contributed by atoms with Gasteiger partial charge < -0.3 is 21.1 Å². The molecule has 4 rings (SSSR count). The van der Waals surface area contributed by atoms with Gasteiger partial charge in [-0.1, -0.05) is 30.3 Å². The second-order valence-corrected chi connectivity index (χ2v) is 7.62. The van der Waals surface area contributed by atoms with Gasteiger partial charge >= 0.3 is 0 Å². The number of rotatable bonds is 4. The van der Waals surface area contributed by atoms with Crippen molar-refractivity contribution >= 4 is 17.8 Å². The van der Waals surface area contributed by atoms with Crippen LogP contribution >= 0.6 is 0 Å². The number of aliphatic imine (C=N–C) groups is 1. The Labute approximate surface area is 170 Å². The molecule has 6 heteroatoms. The number of nitrogens with two attached hydrogens (primary N) is 1. The van der Waals surface area contributed by atoms with Gasteiger partial charge in [-0.05, 0) is 55.5 Å². The topological polar surface area (TPSA) is 91.0 Å². The van der Waals surface area contributed by atoms with E-state index >= 15 is 0 Å². The summed E-state index contributed by atoms with van der Waals surface area (Å²) in [5.74, 6) is 0.362. The number of anilines is 1. The summed E-state index contributed by atoms with van der Waals surface area (Å²) in [5.41, 5.74) is 8.52. The lowest BCUT2D eigenvalue weighted by atomic mass is 9.93. The number of carbonyl (C=O) groups is 1. The normalized spacial score (nSPS) is 24.1. The molecule has 1 saturated carbocycles. The van der Waals surface area contributed by atoms with Crippen LogP contribution in [-0.4, -0.2) is 29.4 Å². The first kappa shape index (κ1) is 19.2. The van der Waals surface area contributed by atoms with Crippen molar-refractivity contribution in [3.05, 3.63) is 77.7 Å². The van der Waals surface area contributed by atoms with Gasteiger partial charge in [0.1, 0.15) is 5.82 Å². The quantitative estimate of drug-likeness (QED) is 0.748. The van der Waals surface area contributed by atoms with Crippen molar-refractivity contribution in [2.24, 2.45) is 10.7 Å². The Balaban J connectivity index is 1.54. The molecule has 0 spiro atoms. The fourth-order valence-electron chi connectivity index (χ4n) is 3.92. The summed E-state index contributed by atoms with van der Waals surface area (Å²) in [4.78, 5) is 19.1. The second-order valence-electron chi connectivity index (χ2n) is 7.62. The maximum absolute atomic E-state index is 12.8. The van der Waals surface area contributed by atoms with Crippen molar-refractivity contribution in [2.75, 3.05) is 4.90 Å². The lowest BCUT2D eigenvalue weighted by Gasteiger charge is -2.31. The SMILES string of the molecule is NC1=CN(c2ccccc2)C(c2cccc(C(=O)NC3CCC(O)CC3)c2)C=N1. The van der Waals surface area contributed by atoms with Crippen LogP contribution in [-0.2, 0) is 0 Å². The molecule has 0 aromatic heterocycles. The highest BCUT2D eigenvalue weighted by atomic mass is 16.3. The number of benzene rings is 2. The molecule has 29 heavy (non-hydrogen) atoms. The van der Waals surface area contributed by atoms with E-state index in [9.17, 15) is 9.90 Å². The van der Waals surface area contributed by atoms with E-state index in [1.807, 2.05) is 67.0 Å². The number of carbonyl (C=O) groups excluding carboxylic acids is 1. The molecular weight excluding hydrogens is 364 g/mol. The van der Waals surface area contributed by atoms with Crippen LogP contribution in [0.15, 0.2) is 71.6 Å². The van der Waals surface area contributed by atoms with E-state index in [4.69, 9.17) is 5.73 Å². The van der Waals surface area contributed by atoms with Crippen LogP contribution in [0.4, 0.5) is 5.69 Å². The second kappa shape index (κ2) is 8.49. The summed E-state index contributed by atoms with van der Waals surface area (Å²) >= 11 is 0. The molecule has 2 aliphatic rings. The van der Waals surface area contributed by atoms with Crippen molar-refractivity contribution in [1.82, 2.24) is 5.32 Å². The van der Waals surface area contributed by atoms with E-state index in [1.54, 1.807) is 0 Å². The fourth-order valence-corrected chi connectivity index (χ4v) is 3.92. The number of aliphatic hydroxyl groups excluding tert-OH is 1. The monoisotopic (exact) mass is 390 g/mol. The van der Waals surface area contributed by atoms with E-state index < -0.39 is 0 Å². The van der Waals surface area contributed by atoms with E-state index in [0.29, 0.717) is 11.4 Å². The number of para-hydroxylation sites is 1. The van der Waals surface area contributed by atoms with Crippen molar-refractivity contribution in [1.29, 1.82) is 0 Å². The minimum atomic E-state index is -0.235. The van der Waals surface area contributed by atoms with Gasteiger partial charge in [0.2, 0.25) is 0 Å². The van der Waals surface area contributed by atoms with Crippen LogP contribution in [0.2, 0.25) is 0 Å². The zero-order valence-electron chi connectivity index (χ0n) is 16.2. The van der Waals surface area contributed by atoms with E-state index in [2.05, 4.69) is 15.2 Å². The molecule has 1 unspecified atom stereocenters. The third-order valence-electron chi connectivity index (χ3n) is 5.51. The Morgan fingerprint density at radius 1 is 1.07 bits per heavy atom. The summed E-state index contributed by atoms with van der Waals surface area (Å²) in [6.07, 6.45) is 6.50. The lowest BCUT2D eigenvalue weighted by Crippen LogP contribution is -2.38. The van der Waals surface area contributed by atoms with E-state index in [1.165, 1.54) is 0 Å². The molecule has 0 radical (unpaired) electrons. The predicted octanol–water partition coefficient (Wildman–Crippen LogP) is 3.11. The Bertz CT molecular complexity index is 917. The number of hydrogen-bond donors (Lipinski definition) is 3. The molecule has 1 aliphatic carbocycles. The molecule has 1 amide bonds. The van der Waals surface area contributed by atoms with Crippen LogP contribution in [0, 0.1) is 0 Å². The molecule has 0 bridgehead atoms. The van der Waals surface area contributed by atoms with Crippen molar-refractivity contribution in [3.8, 4) is 0 Å². The maximum atomic E-state index is 12.8. The summed E-state index contributed by atoms with van der Waals surface area (Å²) in [6.45, 7) is 0. The lowest BCUT2D eigenvalue weighted by molar-refractivity contribution is 0.0867. The zero-order chi connectivity index (χ0) is 20.2. The molecule has 1 atom stereocenters. The smallest absolute Gasteiger partial charge is 0.251 e. The number of aliphatic hydroxyl groups is 1. The molecular formula is C23H26N4O2. The van der Waals surface area contributed by atoms with Gasteiger partial charge in [-0.3, -0.25) is 4.79 Å². The molecule has 150 valence electrons. The Morgan fingerprint density at radius 3 is 2.59 bits per heavy atom. The highest BCUT2D eigenvalue weighted by Gasteiger charge is 2.24. The van der Waals surface area contributed by atoms with Crippen LogP contribution in [0.1, 0.15) is 47.6 Å². The average molecular weight is 390 g/mol. The third kappa shape index (κ3) is 4.49. The summed E-state index contributed by atoms with van der Waals surface area (Å²) in [6, 6.07) is 17.6. The van der Waals surface area contributed by atoms with Crippen LogP contribution < -0.4 is 16.0 Å². The summed E-state index contributed by atoms with van der Waals surface area (Å²) in [5, 5.41) is 12.8. The maximum Gasteiger partial charge on any atom is 0.251 e. The van der Waals surface area contributed by atoms with Crippen LogP contribution in [0.5, 0.6) is 0 Å². The van der Waals surface area contributed by atoms with Crippen LogP contribution in [0.25, 0.3) is 0 Å². The summed E-state index contributed by atoms with van der Waals surface area (Å²) < 4.78 is 0. The molecule has 1 aliphatic heterocycles. The molecule has 6 nitrogen and oxygen atoms in total. The third-order valence-corrected chi connectivity index (χ3v) is 5.51. The standard InChI is InChI=1S/C23H26N4O2/c24-22-15-27(19-7-2-1-3-8-19)21(14-25-22)16-5-4-6-17(13-16)23(29)26-18-9-11-20(28)12-10-18/h1-8,13-15,18,20-21,28H,9-12,24H2,(H,26,29). The molecule has 0 saturated heterocycles. The van der Waals surface area contributed by atoms with Gasteiger partial charge in [-0.15, -0.1) is 0 Å².